The first-order chi connectivity index (χ1) is 8.61. The van der Waals surface area contributed by atoms with Crippen LogP contribution in [-0.4, -0.2) is 27.2 Å². The Morgan fingerprint density at radius 3 is 2.83 bits per heavy atom. The first-order valence-electron chi connectivity index (χ1n) is 5.37. The number of aromatic nitrogens is 3. The molecule has 0 fully saturated rings. The molecular formula is C12H13N3O3. The highest BCUT2D eigenvalue weighted by Gasteiger charge is 2.10. The molecular weight excluding hydrogens is 234 g/mol. The molecule has 0 atom stereocenters. The van der Waals surface area contributed by atoms with Gasteiger partial charge in [0.1, 0.15) is 18.6 Å². The number of hydrogen-bond acceptors (Lipinski definition) is 4. The van der Waals surface area contributed by atoms with Crippen LogP contribution in [-0.2, 0) is 13.6 Å². The van der Waals surface area contributed by atoms with Crippen LogP contribution in [0.5, 0.6) is 5.75 Å². The van der Waals surface area contributed by atoms with Crippen molar-refractivity contribution in [2.24, 2.45) is 7.05 Å². The second kappa shape index (κ2) is 4.87. The van der Waals surface area contributed by atoms with Gasteiger partial charge in [0.15, 0.2) is 5.78 Å². The van der Waals surface area contributed by atoms with E-state index in [1.165, 1.54) is 18.0 Å². The maximum absolute atomic E-state index is 12.0. The van der Waals surface area contributed by atoms with Crippen molar-refractivity contribution in [2.45, 2.75) is 6.54 Å². The Balaban J connectivity index is 2.22. The standard InChI is InChI=1S/C12H13N3O3/c1-14-8-13-15(12(14)17)7-11(16)9-4-3-5-10(6-9)18-2/h3-6,8H,7H2,1-2H3. The van der Waals surface area contributed by atoms with Crippen molar-refractivity contribution in [1.82, 2.24) is 14.3 Å². The Bertz CT molecular complexity index is 627. The zero-order valence-electron chi connectivity index (χ0n) is 10.2. The molecule has 2 rings (SSSR count). The molecule has 1 aromatic heterocycles. The van der Waals surface area contributed by atoms with E-state index in [-0.39, 0.29) is 18.0 Å². The average molecular weight is 247 g/mol. The van der Waals surface area contributed by atoms with E-state index in [0.29, 0.717) is 11.3 Å². The van der Waals surface area contributed by atoms with Gasteiger partial charge in [0.05, 0.1) is 7.11 Å². The van der Waals surface area contributed by atoms with Crippen LogP contribution in [0, 0.1) is 0 Å². The molecule has 6 nitrogen and oxygen atoms in total. The van der Waals surface area contributed by atoms with E-state index in [4.69, 9.17) is 4.74 Å². The first kappa shape index (κ1) is 12.1. The van der Waals surface area contributed by atoms with Gasteiger partial charge in [-0.25, -0.2) is 9.48 Å². The van der Waals surface area contributed by atoms with Gasteiger partial charge in [0.25, 0.3) is 0 Å². The summed E-state index contributed by atoms with van der Waals surface area (Å²) in [5.74, 6) is 0.420. The largest absolute Gasteiger partial charge is 0.497 e. The Labute approximate surface area is 103 Å². The van der Waals surface area contributed by atoms with Crippen LogP contribution >= 0.6 is 0 Å². The Morgan fingerprint density at radius 1 is 1.44 bits per heavy atom. The SMILES string of the molecule is COc1cccc(C(=O)Cn2ncn(C)c2=O)c1. The number of ether oxygens (including phenoxy) is 1. The minimum Gasteiger partial charge on any atom is -0.497 e. The molecule has 0 unspecified atom stereocenters. The number of benzene rings is 1. The third kappa shape index (κ3) is 2.32. The van der Waals surface area contributed by atoms with Gasteiger partial charge in [-0.2, -0.15) is 5.10 Å². The highest BCUT2D eigenvalue weighted by Crippen LogP contribution is 2.13. The maximum Gasteiger partial charge on any atom is 0.345 e. The van der Waals surface area contributed by atoms with Gasteiger partial charge in [-0.3, -0.25) is 9.36 Å². The maximum atomic E-state index is 12.0. The van der Waals surface area contributed by atoms with E-state index < -0.39 is 0 Å². The summed E-state index contributed by atoms with van der Waals surface area (Å²) in [7, 11) is 3.12. The lowest BCUT2D eigenvalue weighted by atomic mass is 10.1. The second-order valence-electron chi connectivity index (χ2n) is 3.84. The van der Waals surface area contributed by atoms with Crippen LogP contribution in [0.4, 0.5) is 0 Å². The fourth-order valence-corrected chi connectivity index (χ4v) is 1.55. The summed E-state index contributed by atoms with van der Waals surface area (Å²) in [5, 5.41) is 3.84. The molecule has 18 heavy (non-hydrogen) atoms. The summed E-state index contributed by atoms with van der Waals surface area (Å²) in [4.78, 5) is 23.5. The number of methoxy groups -OCH3 is 1. The molecule has 94 valence electrons. The zero-order chi connectivity index (χ0) is 13.1. The molecule has 1 aromatic carbocycles. The predicted octanol–water partition coefficient (Wildman–Crippen LogP) is 0.473. The van der Waals surface area contributed by atoms with E-state index in [9.17, 15) is 9.59 Å². The number of ketones is 1. The number of carbonyl (C=O) groups is 1. The Hall–Kier alpha value is -2.37. The van der Waals surface area contributed by atoms with E-state index in [0.717, 1.165) is 4.68 Å². The number of carbonyl (C=O) groups excluding carboxylic acids is 1. The fourth-order valence-electron chi connectivity index (χ4n) is 1.55. The smallest absolute Gasteiger partial charge is 0.345 e. The monoisotopic (exact) mass is 247 g/mol. The normalized spacial score (nSPS) is 10.3. The van der Waals surface area contributed by atoms with Gasteiger partial charge in [-0.1, -0.05) is 12.1 Å². The second-order valence-corrected chi connectivity index (χ2v) is 3.84. The lowest BCUT2D eigenvalue weighted by molar-refractivity contribution is 0.0965. The van der Waals surface area contributed by atoms with Crippen molar-refractivity contribution >= 4 is 5.78 Å². The molecule has 6 heteroatoms. The van der Waals surface area contributed by atoms with Crippen LogP contribution < -0.4 is 10.4 Å². The highest BCUT2D eigenvalue weighted by atomic mass is 16.5. The van der Waals surface area contributed by atoms with Gasteiger partial charge in [-0.05, 0) is 12.1 Å². The minimum absolute atomic E-state index is 0.0765. The molecule has 0 aliphatic heterocycles. The number of hydrogen-bond donors (Lipinski definition) is 0. The quantitative estimate of drug-likeness (QED) is 0.737. The molecule has 0 saturated heterocycles. The highest BCUT2D eigenvalue weighted by molar-refractivity contribution is 5.96. The summed E-state index contributed by atoms with van der Waals surface area (Å²) in [6, 6.07) is 6.80. The van der Waals surface area contributed by atoms with Crippen LogP contribution in [0.15, 0.2) is 35.4 Å². The molecule has 0 bridgehead atoms. The van der Waals surface area contributed by atoms with Crippen molar-refractivity contribution in [2.75, 3.05) is 7.11 Å². The number of Topliss-reactive ketones (excluding diaryl/α,β-unsaturated/α-hetero) is 1. The lowest BCUT2D eigenvalue weighted by Crippen LogP contribution is -2.26. The molecule has 0 saturated carbocycles. The van der Waals surface area contributed by atoms with Crippen molar-refractivity contribution in [3.63, 3.8) is 0 Å². The molecule has 0 radical (unpaired) electrons. The zero-order valence-corrected chi connectivity index (χ0v) is 10.2. The van der Waals surface area contributed by atoms with E-state index in [2.05, 4.69) is 5.10 Å². The van der Waals surface area contributed by atoms with Crippen LogP contribution in [0.3, 0.4) is 0 Å². The summed E-state index contributed by atoms with van der Waals surface area (Å²) < 4.78 is 7.49. The predicted molar refractivity (Wildman–Crippen MR) is 64.8 cm³/mol. The van der Waals surface area contributed by atoms with Crippen molar-refractivity contribution in [1.29, 1.82) is 0 Å². The molecule has 0 N–H and O–H groups in total. The fraction of sp³-hybridized carbons (Fsp3) is 0.250. The van der Waals surface area contributed by atoms with E-state index >= 15 is 0 Å². The molecule has 0 aliphatic carbocycles. The van der Waals surface area contributed by atoms with Crippen molar-refractivity contribution in [3.8, 4) is 5.75 Å². The lowest BCUT2D eigenvalue weighted by Gasteiger charge is -2.03. The molecule has 1 heterocycles. The van der Waals surface area contributed by atoms with Gasteiger partial charge < -0.3 is 4.74 Å². The third-order valence-electron chi connectivity index (χ3n) is 2.57. The summed E-state index contributed by atoms with van der Waals surface area (Å²) >= 11 is 0. The molecule has 2 aromatic rings. The Kier molecular flexibility index (Phi) is 3.27. The minimum atomic E-state index is -0.314. The molecule has 0 spiro atoms. The van der Waals surface area contributed by atoms with Crippen LogP contribution in [0.2, 0.25) is 0 Å². The summed E-state index contributed by atoms with van der Waals surface area (Å²) in [6.45, 7) is -0.0765. The van der Waals surface area contributed by atoms with E-state index in [1.807, 2.05) is 0 Å². The third-order valence-corrected chi connectivity index (χ3v) is 2.57. The van der Waals surface area contributed by atoms with Crippen LogP contribution in [0.1, 0.15) is 10.4 Å². The van der Waals surface area contributed by atoms with E-state index in [1.54, 1.807) is 31.3 Å². The van der Waals surface area contributed by atoms with Gasteiger partial charge in [0, 0.05) is 12.6 Å². The molecule has 0 aliphatic rings. The number of aryl methyl sites for hydroxylation is 1. The first-order valence-corrected chi connectivity index (χ1v) is 5.37. The topological polar surface area (TPSA) is 66.1 Å². The molecule has 0 amide bonds. The van der Waals surface area contributed by atoms with Gasteiger partial charge in [-0.15, -0.1) is 0 Å². The summed E-state index contributed by atoms with van der Waals surface area (Å²) in [5.41, 5.74) is 0.179. The summed E-state index contributed by atoms with van der Waals surface area (Å²) in [6.07, 6.45) is 1.38. The number of rotatable bonds is 4. The number of nitrogens with zero attached hydrogens (tertiary/aromatic N) is 3. The average Bonchev–Trinajstić information content (AvgIpc) is 2.71. The van der Waals surface area contributed by atoms with Crippen molar-refractivity contribution in [3.05, 3.63) is 46.6 Å². The van der Waals surface area contributed by atoms with Gasteiger partial charge in [0.2, 0.25) is 0 Å². The van der Waals surface area contributed by atoms with Crippen molar-refractivity contribution < 1.29 is 9.53 Å². The Morgan fingerprint density at radius 2 is 2.22 bits per heavy atom. The van der Waals surface area contributed by atoms with Crippen LogP contribution in [0.25, 0.3) is 0 Å². The van der Waals surface area contributed by atoms with Gasteiger partial charge >= 0.3 is 5.69 Å².